The Morgan fingerprint density at radius 3 is 2.17 bits per heavy atom. The lowest BCUT2D eigenvalue weighted by Crippen LogP contribution is -2.54. The highest BCUT2D eigenvalue weighted by molar-refractivity contribution is 5.74. The van der Waals surface area contributed by atoms with E-state index in [0.717, 1.165) is 45.2 Å². The summed E-state index contributed by atoms with van der Waals surface area (Å²) < 4.78 is 5.28. The van der Waals surface area contributed by atoms with E-state index in [1.54, 1.807) is 0 Å². The molecule has 2 aliphatic heterocycles. The van der Waals surface area contributed by atoms with Crippen LogP contribution in [0.2, 0.25) is 0 Å². The highest BCUT2D eigenvalue weighted by atomic mass is 16.5. The summed E-state index contributed by atoms with van der Waals surface area (Å²) in [4.78, 5) is 18.7. The monoisotopic (exact) mass is 253 g/mol. The zero-order valence-electron chi connectivity index (χ0n) is 11.0. The molecule has 3 aliphatic rings. The van der Waals surface area contributed by atoms with Gasteiger partial charge in [0.15, 0.2) is 0 Å². The number of piperazine rings is 1. The number of morpholine rings is 1. The van der Waals surface area contributed by atoms with E-state index < -0.39 is 0 Å². The summed E-state index contributed by atoms with van der Waals surface area (Å²) in [7, 11) is 0. The van der Waals surface area contributed by atoms with Crippen molar-refractivity contribution in [1.29, 1.82) is 0 Å². The van der Waals surface area contributed by atoms with Crippen molar-refractivity contribution in [3.05, 3.63) is 0 Å². The Hall–Kier alpha value is -0.810. The first-order valence-electron chi connectivity index (χ1n) is 7.17. The van der Waals surface area contributed by atoms with Gasteiger partial charge in [-0.1, -0.05) is 0 Å². The minimum atomic E-state index is 0.212. The average molecular weight is 253 g/mol. The fourth-order valence-electron chi connectivity index (χ4n) is 2.74. The molecule has 0 aromatic carbocycles. The highest BCUT2D eigenvalue weighted by Crippen LogP contribution is 2.29. The number of nitrogens with zero attached hydrogens (tertiary/aromatic N) is 3. The van der Waals surface area contributed by atoms with Gasteiger partial charge in [0.1, 0.15) is 0 Å². The predicted octanol–water partition coefficient (Wildman–Crippen LogP) is 0.466. The third kappa shape index (κ3) is 2.95. The van der Waals surface area contributed by atoms with Crippen LogP contribution in [0.25, 0.3) is 0 Å². The molecule has 2 saturated heterocycles. The molecule has 2 heterocycles. The van der Waals surface area contributed by atoms with Crippen molar-refractivity contribution in [1.82, 2.24) is 14.7 Å². The Kier molecular flexibility index (Phi) is 3.70. The number of ether oxygens (including phenoxy) is 1. The van der Waals surface area contributed by atoms with Crippen molar-refractivity contribution in [2.75, 3.05) is 59.0 Å². The van der Waals surface area contributed by atoms with Gasteiger partial charge >= 0.3 is 6.03 Å². The van der Waals surface area contributed by atoms with Crippen LogP contribution in [0.4, 0.5) is 4.79 Å². The molecule has 18 heavy (non-hydrogen) atoms. The van der Waals surface area contributed by atoms with E-state index in [9.17, 15) is 4.79 Å². The van der Waals surface area contributed by atoms with Gasteiger partial charge in [0.05, 0.1) is 13.2 Å². The second kappa shape index (κ2) is 5.45. The van der Waals surface area contributed by atoms with Crippen molar-refractivity contribution in [3.8, 4) is 0 Å². The molecular formula is C13H23N3O2. The fraction of sp³-hybridized carbons (Fsp3) is 0.923. The molecule has 5 heteroatoms. The lowest BCUT2D eigenvalue weighted by Gasteiger charge is -2.38. The molecule has 0 unspecified atom stereocenters. The number of carbonyl (C=O) groups excluding carboxylic acids is 1. The zero-order valence-corrected chi connectivity index (χ0v) is 11.0. The van der Waals surface area contributed by atoms with Gasteiger partial charge in [-0.15, -0.1) is 0 Å². The molecule has 3 fully saturated rings. The molecule has 102 valence electrons. The molecule has 0 aromatic heterocycles. The van der Waals surface area contributed by atoms with Gasteiger partial charge in [0, 0.05) is 45.8 Å². The number of urea groups is 1. The molecule has 5 nitrogen and oxygen atoms in total. The van der Waals surface area contributed by atoms with E-state index in [4.69, 9.17) is 4.74 Å². The predicted molar refractivity (Wildman–Crippen MR) is 68.5 cm³/mol. The van der Waals surface area contributed by atoms with E-state index in [1.807, 2.05) is 9.80 Å². The van der Waals surface area contributed by atoms with E-state index in [2.05, 4.69) is 4.90 Å². The van der Waals surface area contributed by atoms with Crippen LogP contribution in [0.5, 0.6) is 0 Å². The van der Waals surface area contributed by atoms with Crippen LogP contribution >= 0.6 is 0 Å². The smallest absolute Gasteiger partial charge is 0.320 e. The summed E-state index contributed by atoms with van der Waals surface area (Å²) in [5.74, 6) is 0.950. The second-order valence-electron chi connectivity index (χ2n) is 5.61. The Balaban J connectivity index is 1.44. The van der Waals surface area contributed by atoms with Crippen LogP contribution in [0.15, 0.2) is 0 Å². The lowest BCUT2D eigenvalue weighted by atomic mass is 10.3. The van der Waals surface area contributed by atoms with Gasteiger partial charge in [-0.2, -0.15) is 0 Å². The molecule has 0 atom stereocenters. The molecule has 0 N–H and O–H groups in total. The summed E-state index contributed by atoms with van der Waals surface area (Å²) in [6, 6.07) is 0.212. The SMILES string of the molecule is O=C(N1CCOCC1)N1CCN(CC2CC2)CC1. The van der Waals surface area contributed by atoms with Crippen LogP contribution in [-0.4, -0.2) is 79.8 Å². The summed E-state index contributed by atoms with van der Waals surface area (Å²) in [5.41, 5.74) is 0. The average Bonchev–Trinajstić information content (AvgIpc) is 3.24. The molecule has 0 radical (unpaired) electrons. The van der Waals surface area contributed by atoms with Crippen LogP contribution < -0.4 is 0 Å². The van der Waals surface area contributed by atoms with Crippen LogP contribution in [0, 0.1) is 5.92 Å². The van der Waals surface area contributed by atoms with Gasteiger partial charge < -0.3 is 14.5 Å². The summed E-state index contributed by atoms with van der Waals surface area (Å²) in [6.07, 6.45) is 2.82. The minimum Gasteiger partial charge on any atom is -0.378 e. The molecule has 0 bridgehead atoms. The number of carbonyl (C=O) groups is 1. The van der Waals surface area contributed by atoms with Gasteiger partial charge in [-0.05, 0) is 18.8 Å². The first-order valence-corrected chi connectivity index (χ1v) is 7.17. The zero-order chi connectivity index (χ0) is 12.4. The maximum atomic E-state index is 12.3. The molecule has 1 saturated carbocycles. The van der Waals surface area contributed by atoms with Gasteiger partial charge in [-0.25, -0.2) is 4.79 Å². The third-order valence-corrected chi connectivity index (χ3v) is 4.14. The van der Waals surface area contributed by atoms with Crippen molar-refractivity contribution < 1.29 is 9.53 Å². The Morgan fingerprint density at radius 2 is 1.56 bits per heavy atom. The standard InChI is InChI=1S/C13H23N3O2/c17-13(16-7-9-18-10-8-16)15-5-3-14(4-6-15)11-12-1-2-12/h12H,1-11H2. The van der Waals surface area contributed by atoms with Crippen LogP contribution in [-0.2, 0) is 4.74 Å². The third-order valence-electron chi connectivity index (χ3n) is 4.14. The van der Waals surface area contributed by atoms with Crippen molar-refractivity contribution in [2.24, 2.45) is 5.92 Å². The topological polar surface area (TPSA) is 36.0 Å². The van der Waals surface area contributed by atoms with E-state index >= 15 is 0 Å². The normalized spacial score (nSPS) is 26.4. The number of hydrogen-bond acceptors (Lipinski definition) is 3. The van der Waals surface area contributed by atoms with Crippen molar-refractivity contribution in [2.45, 2.75) is 12.8 Å². The van der Waals surface area contributed by atoms with Gasteiger partial charge in [0.25, 0.3) is 0 Å². The maximum Gasteiger partial charge on any atom is 0.320 e. The molecular weight excluding hydrogens is 230 g/mol. The highest BCUT2D eigenvalue weighted by Gasteiger charge is 2.29. The fourth-order valence-corrected chi connectivity index (χ4v) is 2.74. The molecule has 2 amide bonds. The molecule has 1 aliphatic carbocycles. The number of hydrogen-bond donors (Lipinski definition) is 0. The quantitative estimate of drug-likeness (QED) is 0.717. The molecule has 0 spiro atoms. The first-order chi connectivity index (χ1) is 8.83. The first kappa shape index (κ1) is 12.2. The number of rotatable bonds is 2. The number of amides is 2. The minimum absolute atomic E-state index is 0.212. The van der Waals surface area contributed by atoms with Crippen LogP contribution in [0.3, 0.4) is 0 Å². The summed E-state index contributed by atoms with van der Waals surface area (Å²) in [5, 5.41) is 0. The largest absolute Gasteiger partial charge is 0.378 e. The van der Waals surface area contributed by atoms with Crippen molar-refractivity contribution >= 4 is 6.03 Å². The molecule has 0 aromatic rings. The van der Waals surface area contributed by atoms with Gasteiger partial charge in [0.2, 0.25) is 0 Å². The Morgan fingerprint density at radius 1 is 0.944 bits per heavy atom. The molecule has 3 rings (SSSR count). The van der Waals surface area contributed by atoms with E-state index in [-0.39, 0.29) is 6.03 Å². The Bertz CT molecular complexity index is 293. The van der Waals surface area contributed by atoms with E-state index in [0.29, 0.717) is 13.2 Å². The maximum absolute atomic E-state index is 12.3. The van der Waals surface area contributed by atoms with E-state index in [1.165, 1.54) is 19.4 Å². The summed E-state index contributed by atoms with van der Waals surface area (Å²) >= 11 is 0. The lowest BCUT2D eigenvalue weighted by molar-refractivity contribution is 0.0375. The van der Waals surface area contributed by atoms with Crippen molar-refractivity contribution in [3.63, 3.8) is 0 Å². The Labute approximate surface area is 109 Å². The second-order valence-corrected chi connectivity index (χ2v) is 5.61. The summed E-state index contributed by atoms with van der Waals surface area (Å²) in [6.45, 7) is 8.01. The van der Waals surface area contributed by atoms with Crippen LogP contribution in [0.1, 0.15) is 12.8 Å². The van der Waals surface area contributed by atoms with Gasteiger partial charge in [-0.3, -0.25) is 4.90 Å².